The van der Waals surface area contributed by atoms with Crippen LogP contribution < -0.4 is 31.9 Å². The van der Waals surface area contributed by atoms with Crippen molar-refractivity contribution in [3.63, 3.8) is 0 Å². The van der Waals surface area contributed by atoms with Crippen LogP contribution in [0.4, 0.5) is 27.6 Å². The van der Waals surface area contributed by atoms with Crippen molar-refractivity contribution in [1.29, 1.82) is 0 Å². The summed E-state index contributed by atoms with van der Waals surface area (Å²) >= 11 is 0. The van der Waals surface area contributed by atoms with Gasteiger partial charge < -0.3 is 55.7 Å². The number of methoxy groups -OCH3 is 1. The van der Waals surface area contributed by atoms with Gasteiger partial charge >= 0.3 is 30.4 Å². The third kappa shape index (κ3) is 22.8. The van der Waals surface area contributed by atoms with E-state index in [0.717, 1.165) is 7.11 Å². The Labute approximate surface area is 425 Å². The van der Waals surface area contributed by atoms with Gasteiger partial charge in [0, 0.05) is 38.9 Å². The minimum absolute atomic E-state index is 0.0460. The lowest BCUT2D eigenvalue weighted by Gasteiger charge is -2.41. The standard InChI is InChI=1S/C51H74F3N7O12/c1-47(2,3)71-44(67)55-28-18-17-23-36(42(65)61-29-26-50(27-30-61,43(66)70-10)60-46(69)73-49(7,8)9)57-39(62)35(24-25-51(52,53)54)56-40(63)37(31-33-19-13-11-14-20-33)58-41(64)38(32-34-21-15-12-16-22-34)59-45(68)72-48(4,5)6/h11-16,19-22,35-38H,17-18,23-32H2,1-10H3,(H,55,67)(H,56,63)(H,57,62)(H,58,64)(H,59,68)(H,60,69)/t35?,36-,37-,38-/m1/s1. The topological polar surface area (TPSA) is 249 Å². The summed E-state index contributed by atoms with van der Waals surface area (Å²) in [5, 5.41) is 15.3. The Bertz CT molecular complexity index is 2170. The summed E-state index contributed by atoms with van der Waals surface area (Å²) in [6.45, 7) is 14.7. The van der Waals surface area contributed by atoms with E-state index in [0.29, 0.717) is 11.1 Å². The van der Waals surface area contributed by atoms with E-state index in [1.54, 1.807) is 123 Å². The summed E-state index contributed by atoms with van der Waals surface area (Å²) in [6.07, 6.45) is -9.93. The number of likely N-dealkylation sites (tertiary alicyclic amines) is 1. The molecule has 19 nitrogen and oxygen atoms in total. The molecule has 406 valence electrons. The molecule has 1 unspecified atom stereocenters. The summed E-state index contributed by atoms with van der Waals surface area (Å²) in [7, 11) is 1.14. The second kappa shape index (κ2) is 26.9. The minimum atomic E-state index is -4.79. The quantitative estimate of drug-likeness (QED) is 0.0485. The Morgan fingerprint density at radius 1 is 0.575 bits per heavy atom. The van der Waals surface area contributed by atoms with E-state index in [1.807, 2.05) is 0 Å². The minimum Gasteiger partial charge on any atom is -0.467 e. The largest absolute Gasteiger partial charge is 0.467 e. The van der Waals surface area contributed by atoms with Crippen LogP contribution in [0, 0.1) is 0 Å². The number of hydrogen-bond donors (Lipinski definition) is 6. The van der Waals surface area contributed by atoms with Crippen molar-refractivity contribution < 1.29 is 70.5 Å². The number of carbonyl (C=O) groups is 8. The fraction of sp³-hybridized carbons (Fsp3) is 0.608. The Morgan fingerprint density at radius 2 is 1.01 bits per heavy atom. The zero-order valence-electron chi connectivity index (χ0n) is 43.5. The van der Waals surface area contributed by atoms with Crippen molar-refractivity contribution in [3.8, 4) is 0 Å². The highest BCUT2D eigenvalue weighted by Crippen LogP contribution is 2.27. The lowest BCUT2D eigenvalue weighted by atomic mass is 9.87. The summed E-state index contributed by atoms with van der Waals surface area (Å²) < 4.78 is 62.8. The van der Waals surface area contributed by atoms with E-state index in [2.05, 4.69) is 31.9 Å². The van der Waals surface area contributed by atoms with Crippen LogP contribution in [-0.2, 0) is 55.8 Å². The molecular formula is C51H74F3N7O12. The van der Waals surface area contributed by atoms with Crippen LogP contribution in [0.3, 0.4) is 0 Å². The highest BCUT2D eigenvalue weighted by atomic mass is 19.4. The van der Waals surface area contributed by atoms with Gasteiger partial charge in [-0.05, 0) is 112 Å². The number of nitrogens with zero attached hydrogens (tertiary/aromatic N) is 1. The third-order valence-electron chi connectivity index (χ3n) is 11.0. The zero-order chi connectivity index (χ0) is 54.8. The molecule has 0 spiro atoms. The maximum absolute atomic E-state index is 14.4. The first-order valence-corrected chi connectivity index (χ1v) is 24.3. The number of piperidine rings is 1. The molecular weight excluding hydrogens is 960 g/mol. The van der Waals surface area contributed by atoms with Gasteiger partial charge in [-0.25, -0.2) is 19.2 Å². The van der Waals surface area contributed by atoms with Crippen molar-refractivity contribution in [2.45, 2.75) is 173 Å². The first-order chi connectivity index (χ1) is 33.9. The maximum Gasteiger partial charge on any atom is 0.408 e. The average molecular weight is 1030 g/mol. The number of unbranched alkanes of at least 4 members (excludes halogenated alkanes) is 1. The molecule has 1 heterocycles. The van der Waals surface area contributed by atoms with E-state index in [4.69, 9.17) is 18.9 Å². The zero-order valence-corrected chi connectivity index (χ0v) is 43.5. The smallest absolute Gasteiger partial charge is 0.408 e. The van der Waals surface area contributed by atoms with E-state index >= 15 is 0 Å². The molecule has 3 rings (SSSR count). The second-order valence-corrected chi connectivity index (χ2v) is 20.9. The van der Waals surface area contributed by atoms with Crippen molar-refractivity contribution in [1.82, 2.24) is 36.8 Å². The second-order valence-electron chi connectivity index (χ2n) is 20.9. The average Bonchev–Trinajstić information content (AvgIpc) is 3.27. The van der Waals surface area contributed by atoms with Crippen LogP contribution in [-0.4, -0.2) is 132 Å². The van der Waals surface area contributed by atoms with Crippen LogP contribution in [0.25, 0.3) is 0 Å². The number of amides is 7. The highest BCUT2D eigenvalue weighted by molar-refractivity contribution is 5.96. The first kappa shape index (κ1) is 60.7. The van der Waals surface area contributed by atoms with Gasteiger partial charge in [0.1, 0.15) is 46.5 Å². The van der Waals surface area contributed by atoms with Gasteiger partial charge in [-0.15, -0.1) is 0 Å². The van der Waals surface area contributed by atoms with Crippen LogP contribution in [0.2, 0.25) is 0 Å². The fourth-order valence-corrected chi connectivity index (χ4v) is 7.60. The SMILES string of the molecule is COC(=O)C1(NC(=O)OC(C)(C)C)CCN(C(=O)[C@@H](CCCCNC(=O)OC(C)(C)C)NC(=O)C(CCC(F)(F)F)NC(=O)[C@@H](Cc2ccccc2)NC(=O)[C@@H](Cc2ccccc2)NC(=O)OC(C)(C)C)CC1. The Morgan fingerprint density at radius 3 is 1.49 bits per heavy atom. The lowest BCUT2D eigenvalue weighted by molar-refractivity contribution is -0.153. The molecule has 73 heavy (non-hydrogen) atoms. The van der Waals surface area contributed by atoms with Crippen LogP contribution in [0.5, 0.6) is 0 Å². The normalized spacial score (nSPS) is 15.4. The number of alkyl carbamates (subject to hydrolysis) is 3. The molecule has 6 N–H and O–H groups in total. The number of alkyl halides is 3. The molecule has 0 aromatic heterocycles. The number of nitrogens with one attached hydrogen (secondary N) is 6. The van der Waals surface area contributed by atoms with Crippen LogP contribution in [0.1, 0.15) is 118 Å². The molecule has 0 saturated carbocycles. The Hall–Kier alpha value is -6.61. The molecule has 22 heteroatoms. The van der Waals surface area contributed by atoms with Crippen LogP contribution >= 0.6 is 0 Å². The predicted molar refractivity (Wildman–Crippen MR) is 263 cm³/mol. The number of hydrogen-bond acceptors (Lipinski definition) is 12. The van der Waals surface area contributed by atoms with Crippen LogP contribution in [0.15, 0.2) is 60.7 Å². The number of esters is 1. The Balaban J connectivity index is 1.96. The molecule has 1 aliphatic heterocycles. The molecule has 2 aromatic rings. The molecule has 0 radical (unpaired) electrons. The van der Waals surface area contributed by atoms with Gasteiger partial charge in [0.15, 0.2) is 0 Å². The predicted octanol–water partition coefficient (Wildman–Crippen LogP) is 5.92. The van der Waals surface area contributed by atoms with Crippen molar-refractivity contribution >= 4 is 47.9 Å². The van der Waals surface area contributed by atoms with Gasteiger partial charge in [0.05, 0.1) is 7.11 Å². The summed E-state index contributed by atoms with van der Waals surface area (Å²) in [5.74, 6) is -4.49. The molecule has 1 fully saturated rings. The van der Waals surface area contributed by atoms with E-state index in [-0.39, 0.29) is 64.6 Å². The summed E-state index contributed by atoms with van der Waals surface area (Å²) in [6, 6.07) is 10.9. The summed E-state index contributed by atoms with van der Waals surface area (Å²) in [5.41, 5.74) is -3.04. The monoisotopic (exact) mass is 1030 g/mol. The fourth-order valence-electron chi connectivity index (χ4n) is 7.60. The molecule has 1 aliphatic rings. The number of halogens is 3. The highest BCUT2D eigenvalue weighted by Gasteiger charge is 2.46. The molecule has 1 saturated heterocycles. The third-order valence-corrected chi connectivity index (χ3v) is 11.0. The molecule has 0 bridgehead atoms. The van der Waals surface area contributed by atoms with E-state index in [1.165, 1.54) is 4.90 Å². The van der Waals surface area contributed by atoms with Gasteiger partial charge in [-0.2, -0.15) is 13.2 Å². The number of ether oxygens (including phenoxy) is 4. The van der Waals surface area contributed by atoms with E-state index < -0.39 is 113 Å². The van der Waals surface area contributed by atoms with Crippen molar-refractivity contribution in [2.24, 2.45) is 0 Å². The van der Waals surface area contributed by atoms with Gasteiger partial charge in [0.25, 0.3) is 0 Å². The molecule has 4 atom stereocenters. The summed E-state index contributed by atoms with van der Waals surface area (Å²) in [4.78, 5) is 110. The van der Waals surface area contributed by atoms with Crippen molar-refractivity contribution in [3.05, 3.63) is 71.8 Å². The van der Waals surface area contributed by atoms with E-state index in [9.17, 15) is 51.5 Å². The number of carbonyl (C=O) groups excluding carboxylic acids is 8. The first-order valence-electron chi connectivity index (χ1n) is 24.3. The maximum atomic E-state index is 14.4. The molecule has 2 aromatic carbocycles. The molecule has 7 amide bonds. The van der Waals surface area contributed by atoms with Gasteiger partial charge in [-0.3, -0.25) is 19.2 Å². The molecule has 0 aliphatic carbocycles. The van der Waals surface area contributed by atoms with Gasteiger partial charge in [-0.1, -0.05) is 60.7 Å². The van der Waals surface area contributed by atoms with Gasteiger partial charge in [0.2, 0.25) is 23.6 Å². The number of rotatable bonds is 21. The lowest BCUT2D eigenvalue weighted by Crippen LogP contribution is -2.63. The number of benzene rings is 2. The van der Waals surface area contributed by atoms with Crippen molar-refractivity contribution in [2.75, 3.05) is 26.7 Å². The Kier molecular flexibility index (Phi) is 22.4.